The third-order valence-corrected chi connectivity index (χ3v) is 3.87. The second-order valence-electron chi connectivity index (χ2n) is 5.45. The maximum absolute atomic E-state index is 12.5. The van der Waals surface area contributed by atoms with E-state index < -0.39 is 5.97 Å². The minimum absolute atomic E-state index is 0.168. The Balaban J connectivity index is 2.25. The highest BCUT2D eigenvalue weighted by Crippen LogP contribution is 2.27. The summed E-state index contributed by atoms with van der Waals surface area (Å²) >= 11 is 0. The van der Waals surface area contributed by atoms with E-state index in [1.165, 1.54) is 17.9 Å². The van der Waals surface area contributed by atoms with Crippen LogP contribution in [0.2, 0.25) is 0 Å². The van der Waals surface area contributed by atoms with Gasteiger partial charge in [-0.1, -0.05) is 30.3 Å². The van der Waals surface area contributed by atoms with Gasteiger partial charge in [-0.05, 0) is 18.6 Å². The van der Waals surface area contributed by atoms with Crippen molar-refractivity contribution >= 4 is 16.9 Å². The van der Waals surface area contributed by atoms with Crippen molar-refractivity contribution in [3.05, 3.63) is 69.8 Å². The number of ether oxygens (including phenoxy) is 1. The Morgan fingerprint density at radius 2 is 2.00 bits per heavy atom. The zero-order valence-electron chi connectivity index (χ0n) is 13.3. The van der Waals surface area contributed by atoms with Crippen LogP contribution in [0.1, 0.15) is 21.6 Å². The van der Waals surface area contributed by atoms with Crippen molar-refractivity contribution < 1.29 is 14.6 Å². The smallest absolute Gasteiger partial charge is 0.360 e. The number of fused-ring (bicyclic) bond motifs is 1. The zero-order chi connectivity index (χ0) is 17.3. The number of hydrogen-bond donors (Lipinski definition) is 1. The first-order valence-corrected chi connectivity index (χ1v) is 7.37. The van der Waals surface area contributed by atoms with Gasteiger partial charge < -0.3 is 14.4 Å². The summed E-state index contributed by atoms with van der Waals surface area (Å²) in [5.41, 5.74) is 1.53. The van der Waals surface area contributed by atoms with Gasteiger partial charge in [0.2, 0.25) is 0 Å². The molecule has 0 aliphatic heterocycles. The van der Waals surface area contributed by atoms with Gasteiger partial charge in [0.05, 0.1) is 25.4 Å². The molecule has 3 aromatic rings. The van der Waals surface area contributed by atoms with Crippen molar-refractivity contribution in [3.8, 4) is 5.75 Å². The van der Waals surface area contributed by atoms with Crippen LogP contribution in [-0.4, -0.2) is 27.7 Å². The molecule has 0 unspecified atom stereocenters. The first kappa shape index (κ1) is 15.7. The number of pyridine rings is 2. The van der Waals surface area contributed by atoms with Crippen molar-refractivity contribution in [2.75, 3.05) is 7.11 Å². The van der Waals surface area contributed by atoms with Crippen LogP contribution in [0.25, 0.3) is 10.9 Å². The number of esters is 1. The molecule has 3 rings (SSSR count). The van der Waals surface area contributed by atoms with Gasteiger partial charge in [0.15, 0.2) is 11.4 Å². The fourth-order valence-electron chi connectivity index (χ4n) is 2.63. The molecule has 2 heterocycles. The van der Waals surface area contributed by atoms with E-state index in [-0.39, 0.29) is 17.0 Å². The number of carbonyl (C=O) groups is 1. The molecule has 0 atom stereocenters. The van der Waals surface area contributed by atoms with Crippen LogP contribution in [0.3, 0.4) is 0 Å². The fraction of sp³-hybridized carbons (Fsp3) is 0.167. The quantitative estimate of drug-likeness (QED) is 0.747. The van der Waals surface area contributed by atoms with E-state index in [2.05, 4.69) is 9.72 Å². The Bertz CT molecular complexity index is 978. The van der Waals surface area contributed by atoms with Gasteiger partial charge in [-0.25, -0.2) is 9.78 Å². The maximum atomic E-state index is 12.5. The summed E-state index contributed by atoms with van der Waals surface area (Å²) in [6, 6.07) is 11.1. The van der Waals surface area contributed by atoms with E-state index in [0.29, 0.717) is 23.0 Å². The zero-order valence-corrected chi connectivity index (χ0v) is 13.3. The average molecular weight is 324 g/mol. The SMILES string of the molecule is COC(=O)c1ncc2c(cc(C)c(=O)n2Cc2ccccc2)c1O. The monoisotopic (exact) mass is 324 g/mol. The Labute approximate surface area is 138 Å². The molecule has 0 fully saturated rings. The second kappa shape index (κ2) is 6.16. The highest BCUT2D eigenvalue weighted by molar-refractivity contribution is 5.98. The first-order valence-electron chi connectivity index (χ1n) is 7.37. The van der Waals surface area contributed by atoms with Crippen molar-refractivity contribution in [2.45, 2.75) is 13.5 Å². The molecule has 0 aliphatic rings. The number of nitrogens with zero attached hydrogens (tertiary/aromatic N) is 2. The van der Waals surface area contributed by atoms with E-state index >= 15 is 0 Å². The number of carbonyl (C=O) groups excluding carboxylic acids is 1. The summed E-state index contributed by atoms with van der Waals surface area (Å²) in [5.74, 6) is -1.02. The number of aryl methyl sites for hydroxylation is 1. The standard InChI is InChI=1S/C18H16N2O4/c1-11-8-13-14(9-19-15(16(13)21)18(23)24-2)20(17(11)22)10-12-6-4-3-5-7-12/h3-9,21H,10H2,1-2H3. The number of rotatable bonds is 3. The Kier molecular flexibility index (Phi) is 4.04. The van der Waals surface area contributed by atoms with Gasteiger partial charge in [-0.2, -0.15) is 0 Å². The summed E-state index contributed by atoms with van der Waals surface area (Å²) in [6.45, 7) is 2.01. The van der Waals surface area contributed by atoms with Crippen LogP contribution in [0.4, 0.5) is 0 Å². The van der Waals surface area contributed by atoms with Crippen LogP contribution in [-0.2, 0) is 11.3 Å². The number of hydrogen-bond acceptors (Lipinski definition) is 5. The van der Waals surface area contributed by atoms with Crippen molar-refractivity contribution in [1.29, 1.82) is 0 Å². The van der Waals surface area contributed by atoms with Gasteiger partial charge in [-0.3, -0.25) is 4.79 Å². The minimum Gasteiger partial charge on any atom is -0.505 e. The predicted molar refractivity (Wildman–Crippen MR) is 89.3 cm³/mol. The van der Waals surface area contributed by atoms with Crippen LogP contribution in [0.5, 0.6) is 5.75 Å². The lowest BCUT2D eigenvalue weighted by atomic mass is 10.1. The fourth-order valence-corrected chi connectivity index (χ4v) is 2.63. The second-order valence-corrected chi connectivity index (χ2v) is 5.45. The van der Waals surface area contributed by atoms with Crippen molar-refractivity contribution in [1.82, 2.24) is 9.55 Å². The molecule has 0 amide bonds. The lowest BCUT2D eigenvalue weighted by Crippen LogP contribution is -2.23. The van der Waals surface area contributed by atoms with E-state index in [1.54, 1.807) is 13.0 Å². The predicted octanol–water partition coefficient (Wildman–Crippen LogP) is 2.25. The summed E-state index contributed by atoms with van der Waals surface area (Å²) < 4.78 is 6.15. The minimum atomic E-state index is -0.729. The molecular formula is C18H16N2O4. The average Bonchev–Trinajstić information content (AvgIpc) is 2.60. The van der Waals surface area contributed by atoms with E-state index in [1.807, 2.05) is 30.3 Å². The molecule has 0 spiro atoms. The molecule has 2 aromatic heterocycles. The molecule has 0 bridgehead atoms. The van der Waals surface area contributed by atoms with Gasteiger partial charge in [-0.15, -0.1) is 0 Å². The molecule has 0 aliphatic carbocycles. The summed E-state index contributed by atoms with van der Waals surface area (Å²) in [6.07, 6.45) is 1.41. The van der Waals surface area contributed by atoms with E-state index in [9.17, 15) is 14.7 Å². The molecule has 24 heavy (non-hydrogen) atoms. The molecule has 6 heteroatoms. The van der Waals surface area contributed by atoms with Crippen LogP contribution < -0.4 is 5.56 Å². The number of benzene rings is 1. The highest BCUT2D eigenvalue weighted by atomic mass is 16.5. The third-order valence-electron chi connectivity index (χ3n) is 3.87. The number of aromatic nitrogens is 2. The molecule has 1 N–H and O–H groups in total. The van der Waals surface area contributed by atoms with Crippen molar-refractivity contribution in [2.24, 2.45) is 0 Å². The molecule has 1 aromatic carbocycles. The maximum Gasteiger partial charge on any atom is 0.360 e. The number of aromatic hydroxyl groups is 1. The Morgan fingerprint density at radius 3 is 2.67 bits per heavy atom. The van der Waals surface area contributed by atoms with Gasteiger partial charge in [0.1, 0.15) is 0 Å². The number of methoxy groups -OCH3 is 1. The summed E-state index contributed by atoms with van der Waals surface area (Å²) in [5, 5.41) is 10.8. The van der Waals surface area contributed by atoms with Crippen LogP contribution >= 0.6 is 0 Å². The van der Waals surface area contributed by atoms with E-state index in [0.717, 1.165) is 5.56 Å². The topological polar surface area (TPSA) is 81.4 Å². The summed E-state index contributed by atoms with van der Waals surface area (Å²) in [7, 11) is 1.22. The third kappa shape index (κ3) is 2.62. The normalized spacial score (nSPS) is 10.8. The molecule has 0 radical (unpaired) electrons. The van der Waals surface area contributed by atoms with Gasteiger partial charge in [0.25, 0.3) is 5.56 Å². The molecular weight excluding hydrogens is 308 g/mol. The van der Waals surface area contributed by atoms with Gasteiger partial charge >= 0.3 is 5.97 Å². The lowest BCUT2D eigenvalue weighted by Gasteiger charge is -2.13. The van der Waals surface area contributed by atoms with Gasteiger partial charge in [0, 0.05) is 10.9 Å². The molecule has 0 saturated carbocycles. The van der Waals surface area contributed by atoms with Crippen molar-refractivity contribution in [3.63, 3.8) is 0 Å². The van der Waals surface area contributed by atoms with Crippen LogP contribution in [0, 0.1) is 6.92 Å². The summed E-state index contributed by atoms with van der Waals surface area (Å²) in [4.78, 5) is 28.2. The largest absolute Gasteiger partial charge is 0.505 e. The lowest BCUT2D eigenvalue weighted by molar-refractivity contribution is 0.0591. The van der Waals surface area contributed by atoms with E-state index in [4.69, 9.17) is 0 Å². The first-order chi connectivity index (χ1) is 11.5. The molecule has 6 nitrogen and oxygen atoms in total. The Morgan fingerprint density at radius 1 is 1.29 bits per heavy atom. The molecule has 0 saturated heterocycles. The molecule has 122 valence electrons. The highest BCUT2D eigenvalue weighted by Gasteiger charge is 2.19. The Hall–Kier alpha value is -3.15. The van der Waals surface area contributed by atoms with Crippen LogP contribution in [0.15, 0.2) is 47.4 Å².